The van der Waals surface area contributed by atoms with Gasteiger partial charge in [-0.05, 0) is 75.0 Å². The number of carbonyl (C=O) groups excluding carboxylic acids is 2. The first-order chi connectivity index (χ1) is 13.5. The molecule has 1 aromatic heterocycles. The number of nitrogens with zero attached hydrogens (tertiary/aromatic N) is 2. The van der Waals surface area contributed by atoms with Crippen molar-refractivity contribution in [2.45, 2.75) is 52.6 Å². The highest BCUT2D eigenvalue weighted by atomic mass is 16.5. The van der Waals surface area contributed by atoms with Gasteiger partial charge in [0, 0.05) is 18.3 Å². The molecule has 1 fully saturated rings. The van der Waals surface area contributed by atoms with E-state index >= 15 is 0 Å². The summed E-state index contributed by atoms with van der Waals surface area (Å²) >= 11 is 0. The Kier molecular flexibility index (Phi) is 6.57. The summed E-state index contributed by atoms with van der Waals surface area (Å²) < 4.78 is 5.44. The lowest BCUT2D eigenvalue weighted by Crippen LogP contribution is -2.45. The first-order valence-electron chi connectivity index (χ1n) is 9.87. The van der Waals surface area contributed by atoms with Gasteiger partial charge >= 0.3 is 5.97 Å². The molecule has 0 saturated carbocycles. The molecule has 1 saturated heterocycles. The molecule has 2 aromatic rings. The van der Waals surface area contributed by atoms with Crippen LogP contribution in [0, 0.1) is 20.8 Å². The number of likely N-dealkylation sites (tertiary alicyclic amines) is 1. The number of carbonyl (C=O) groups is 2. The summed E-state index contributed by atoms with van der Waals surface area (Å²) in [6.45, 7) is 7.16. The zero-order valence-electron chi connectivity index (χ0n) is 16.9. The maximum atomic E-state index is 12.7. The Morgan fingerprint density at radius 1 is 1.11 bits per heavy atom. The summed E-state index contributed by atoms with van der Waals surface area (Å²) in [5.74, 6) is -0.466. The molecule has 1 atom stereocenters. The van der Waals surface area contributed by atoms with Crippen molar-refractivity contribution in [3.8, 4) is 0 Å². The minimum Gasteiger partial charge on any atom is -0.456 e. The average Bonchev–Trinajstić information content (AvgIpc) is 2.70. The Labute approximate surface area is 166 Å². The molecule has 2 heterocycles. The average molecular weight is 380 g/mol. The number of esters is 1. The lowest BCUT2D eigenvalue weighted by molar-refractivity contribution is -0.150. The van der Waals surface area contributed by atoms with Gasteiger partial charge in [0.05, 0.1) is 5.69 Å². The number of pyridine rings is 1. The van der Waals surface area contributed by atoms with Crippen LogP contribution in [-0.4, -0.2) is 40.8 Å². The van der Waals surface area contributed by atoms with Crippen molar-refractivity contribution in [2.24, 2.45) is 0 Å². The van der Waals surface area contributed by atoms with E-state index in [0.29, 0.717) is 12.1 Å². The number of benzene rings is 1. The van der Waals surface area contributed by atoms with Crippen LogP contribution in [0.25, 0.3) is 0 Å². The highest BCUT2D eigenvalue weighted by Crippen LogP contribution is 2.21. The standard InChI is InChI=1S/C23H28N2O3/c1-16-12-18(3)20(13-17(16)2)22(26)15-28-23(27)21-9-5-7-11-25(21)14-19-8-4-6-10-24-19/h4,6,8,10,12-13,21H,5,7,9,11,14-15H2,1-3H3. The number of piperidine rings is 1. The second-order valence-electron chi connectivity index (χ2n) is 7.59. The molecule has 0 spiro atoms. The molecule has 0 N–H and O–H groups in total. The topological polar surface area (TPSA) is 59.5 Å². The molecule has 5 heteroatoms. The third-order valence-corrected chi connectivity index (χ3v) is 5.46. The van der Waals surface area contributed by atoms with Gasteiger partial charge in [-0.3, -0.25) is 19.5 Å². The van der Waals surface area contributed by atoms with Crippen LogP contribution in [0.1, 0.15) is 52.0 Å². The molecule has 0 aliphatic carbocycles. The molecular weight excluding hydrogens is 352 g/mol. The molecule has 1 aliphatic heterocycles. The largest absolute Gasteiger partial charge is 0.456 e. The van der Waals surface area contributed by atoms with E-state index in [4.69, 9.17) is 4.74 Å². The van der Waals surface area contributed by atoms with E-state index in [-0.39, 0.29) is 24.4 Å². The molecule has 0 bridgehead atoms. The first-order valence-corrected chi connectivity index (χ1v) is 9.87. The minimum atomic E-state index is -0.315. The lowest BCUT2D eigenvalue weighted by atomic mass is 9.98. The number of hydrogen-bond acceptors (Lipinski definition) is 5. The van der Waals surface area contributed by atoms with Crippen molar-refractivity contribution in [3.63, 3.8) is 0 Å². The normalized spacial score (nSPS) is 17.3. The molecule has 1 aliphatic rings. The van der Waals surface area contributed by atoms with E-state index in [0.717, 1.165) is 48.2 Å². The molecule has 5 nitrogen and oxygen atoms in total. The van der Waals surface area contributed by atoms with Crippen LogP contribution < -0.4 is 0 Å². The van der Waals surface area contributed by atoms with Gasteiger partial charge in [-0.25, -0.2) is 0 Å². The molecule has 148 valence electrons. The van der Waals surface area contributed by atoms with Crippen LogP contribution in [0.5, 0.6) is 0 Å². The Morgan fingerprint density at radius 2 is 1.89 bits per heavy atom. The number of Topliss-reactive ketones (excluding diaryl/α,β-unsaturated/α-hetero) is 1. The second kappa shape index (κ2) is 9.11. The minimum absolute atomic E-state index is 0.152. The Bertz CT molecular complexity index is 848. The molecular formula is C23H28N2O3. The van der Waals surface area contributed by atoms with Crippen LogP contribution in [0.15, 0.2) is 36.5 Å². The summed E-state index contributed by atoms with van der Waals surface area (Å²) in [6, 6.07) is 9.36. The van der Waals surface area contributed by atoms with Crippen LogP contribution >= 0.6 is 0 Å². The van der Waals surface area contributed by atoms with Crippen molar-refractivity contribution in [1.29, 1.82) is 0 Å². The Balaban J connectivity index is 1.62. The summed E-state index contributed by atoms with van der Waals surface area (Å²) in [7, 11) is 0. The zero-order valence-corrected chi connectivity index (χ0v) is 16.9. The van der Waals surface area contributed by atoms with Crippen LogP contribution in [-0.2, 0) is 16.1 Å². The van der Waals surface area contributed by atoms with E-state index in [1.807, 2.05) is 51.1 Å². The van der Waals surface area contributed by atoms with Gasteiger partial charge in [-0.15, -0.1) is 0 Å². The molecule has 0 radical (unpaired) electrons. The summed E-state index contributed by atoms with van der Waals surface area (Å²) in [6.07, 6.45) is 4.56. The van der Waals surface area contributed by atoms with Gasteiger partial charge in [0.1, 0.15) is 6.04 Å². The monoisotopic (exact) mass is 380 g/mol. The van der Waals surface area contributed by atoms with Gasteiger partial charge in [-0.2, -0.15) is 0 Å². The Hall–Kier alpha value is -2.53. The predicted molar refractivity (Wildman–Crippen MR) is 108 cm³/mol. The zero-order chi connectivity index (χ0) is 20.1. The van der Waals surface area contributed by atoms with E-state index < -0.39 is 0 Å². The predicted octanol–water partition coefficient (Wildman–Crippen LogP) is 3.79. The Morgan fingerprint density at radius 3 is 2.64 bits per heavy atom. The molecule has 0 amide bonds. The maximum Gasteiger partial charge on any atom is 0.323 e. The molecule has 1 aromatic carbocycles. The van der Waals surface area contributed by atoms with Gasteiger partial charge in [0.15, 0.2) is 6.61 Å². The highest BCUT2D eigenvalue weighted by molar-refractivity contribution is 5.99. The smallest absolute Gasteiger partial charge is 0.323 e. The first kappa shape index (κ1) is 20.2. The molecule has 3 rings (SSSR count). The number of aryl methyl sites for hydroxylation is 3. The van der Waals surface area contributed by atoms with Crippen molar-refractivity contribution < 1.29 is 14.3 Å². The number of aromatic nitrogens is 1. The van der Waals surface area contributed by atoms with Gasteiger partial charge < -0.3 is 4.74 Å². The third kappa shape index (κ3) is 4.84. The van der Waals surface area contributed by atoms with Crippen molar-refractivity contribution >= 4 is 11.8 Å². The van der Waals surface area contributed by atoms with Crippen LogP contribution in [0.3, 0.4) is 0 Å². The fourth-order valence-electron chi connectivity index (χ4n) is 3.72. The van der Waals surface area contributed by atoms with Crippen molar-refractivity contribution in [1.82, 2.24) is 9.88 Å². The van der Waals surface area contributed by atoms with Gasteiger partial charge in [0.2, 0.25) is 5.78 Å². The quantitative estimate of drug-likeness (QED) is 0.564. The van der Waals surface area contributed by atoms with Crippen LogP contribution in [0.4, 0.5) is 0 Å². The summed E-state index contributed by atoms with van der Waals surface area (Å²) in [5.41, 5.74) is 4.69. The number of ether oxygens (including phenoxy) is 1. The van der Waals surface area contributed by atoms with Crippen LogP contribution in [0.2, 0.25) is 0 Å². The van der Waals surface area contributed by atoms with E-state index in [1.165, 1.54) is 0 Å². The van der Waals surface area contributed by atoms with Gasteiger partial charge in [-0.1, -0.05) is 18.6 Å². The highest BCUT2D eigenvalue weighted by Gasteiger charge is 2.30. The number of hydrogen-bond donors (Lipinski definition) is 0. The number of ketones is 1. The van der Waals surface area contributed by atoms with E-state index in [2.05, 4.69) is 9.88 Å². The summed E-state index contributed by atoms with van der Waals surface area (Å²) in [5, 5.41) is 0. The van der Waals surface area contributed by atoms with Crippen molar-refractivity contribution in [2.75, 3.05) is 13.2 Å². The third-order valence-electron chi connectivity index (χ3n) is 5.46. The fraction of sp³-hybridized carbons (Fsp3) is 0.435. The lowest BCUT2D eigenvalue weighted by Gasteiger charge is -2.33. The molecule has 1 unspecified atom stereocenters. The van der Waals surface area contributed by atoms with E-state index in [9.17, 15) is 9.59 Å². The fourth-order valence-corrected chi connectivity index (χ4v) is 3.72. The van der Waals surface area contributed by atoms with E-state index in [1.54, 1.807) is 6.20 Å². The second-order valence-corrected chi connectivity index (χ2v) is 7.59. The van der Waals surface area contributed by atoms with Crippen molar-refractivity contribution in [3.05, 3.63) is 64.5 Å². The number of rotatable bonds is 6. The maximum absolute atomic E-state index is 12.7. The SMILES string of the molecule is Cc1cc(C)c(C(=O)COC(=O)C2CCCCN2Cc2ccccn2)cc1C. The molecule has 28 heavy (non-hydrogen) atoms. The van der Waals surface area contributed by atoms with Gasteiger partial charge in [0.25, 0.3) is 0 Å². The summed E-state index contributed by atoms with van der Waals surface area (Å²) in [4.78, 5) is 31.8.